The fourth-order valence-corrected chi connectivity index (χ4v) is 8.24. The molecular formula is C25H24F5N5O2S. The quantitative estimate of drug-likeness (QED) is 0.437. The standard InChI is InChI=1S/C25H24F5N5O2S/c26-19-9-21(33-11-17-18(12-33)24(17)34-13-31-32-14-34)20(27)8-16(19)10-35-23(25(28,29)30)7-6-22(38(35,36)37)15-4-2-1-3-5-15/h1-5,8-9,13-14,17-18,22-24H,6-7,10-12H2. The van der Waals surface area contributed by atoms with Gasteiger partial charge in [0.15, 0.2) is 0 Å². The predicted octanol–water partition coefficient (Wildman–Crippen LogP) is 4.46. The molecule has 0 bridgehead atoms. The lowest BCUT2D eigenvalue weighted by Gasteiger charge is -2.40. The Morgan fingerprint density at radius 1 is 0.921 bits per heavy atom. The van der Waals surface area contributed by atoms with Crippen molar-refractivity contribution >= 4 is 15.7 Å². The molecule has 13 heteroatoms. The normalized spacial score (nSPS) is 28.9. The van der Waals surface area contributed by atoms with Crippen LogP contribution in [0.5, 0.6) is 0 Å². The maximum absolute atomic E-state index is 15.2. The van der Waals surface area contributed by atoms with Crippen LogP contribution in [0, 0.1) is 23.5 Å². The Labute approximate surface area is 215 Å². The van der Waals surface area contributed by atoms with Gasteiger partial charge in [-0.3, -0.25) is 0 Å². The summed E-state index contributed by atoms with van der Waals surface area (Å²) in [6.07, 6.45) is -2.33. The molecule has 2 saturated heterocycles. The highest BCUT2D eigenvalue weighted by Gasteiger charge is 2.57. The van der Waals surface area contributed by atoms with Crippen molar-refractivity contribution in [3.63, 3.8) is 0 Å². The SMILES string of the molecule is O=S1(=O)C(c2ccccc2)CCC(C(F)(F)F)N1Cc1cc(F)c(N2CC3C(C2)C3n2cnnc2)cc1F. The molecule has 3 aliphatic rings. The van der Waals surface area contributed by atoms with E-state index in [4.69, 9.17) is 0 Å². The number of anilines is 1. The van der Waals surface area contributed by atoms with Gasteiger partial charge in [-0.25, -0.2) is 17.2 Å². The Kier molecular flexibility index (Phi) is 5.98. The first-order valence-corrected chi connectivity index (χ1v) is 13.8. The van der Waals surface area contributed by atoms with Crippen molar-refractivity contribution in [2.45, 2.75) is 42.9 Å². The zero-order valence-corrected chi connectivity index (χ0v) is 20.8. The summed E-state index contributed by atoms with van der Waals surface area (Å²) < 4.78 is 101. The van der Waals surface area contributed by atoms with Crippen LogP contribution in [0.25, 0.3) is 0 Å². The molecule has 2 aliphatic heterocycles. The molecule has 202 valence electrons. The van der Waals surface area contributed by atoms with E-state index in [9.17, 15) is 21.6 Å². The number of hydrogen-bond donors (Lipinski definition) is 0. The van der Waals surface area contributed by atoms with Gasteiger partial charge < -0.3 is 9.47 Å². The maximum Gasteiger partial charge on any atom is 0.405 e. The van der Waals surface area contributed by atoms with Gasteiger partial charge in [0.05, 0.1) is 5.69 Å². The van der Waals surface area contributed by atoms with Gasteiger partial charge in [0.25, 0.3) is 0 Å². The number of piperidine rings is 1. The third-order valence-electron chi connectivity index (χ3n) is 8.00. The highest BCUT2D eigenvalue weighted by Crippen LogP contribution is 2.56. The van der Waals surface area contributed by atoms with Gasteiger partial charge in [0.1, 0.15) is 35.6 Å². The number of nitrogens with zero attached hydrogens (tertiary/aromatic N) is 5. The van der Waals surface area contributed by atoms with Gasteiger partial charge in [-0.15, -0.1) is 10.2 Å². The molecule has 0 radical (unpaired) electrons. The smallest absolute Gasteiger partial charge is 0.368 e. The van der Waals surface area contributed by atoms with Crippen LogP contribution >= 0.6 is 0 Å². The number of hydrogen-bond acceptors (Lipinski definition) is 5. The molecule has 1 aliphatic carbocycles. The van der Waals surface area contributed by atoms with E-state index in [-0.39, 0.29) is 30.0 Å². The Hall–Kier alpha value is -3.06. The van der Waals surface area contributed by atoms with Crippen molar-refractivity contribution in [1.29, 1.82) is 0 Å². The van der Waals surface area contributed by atoms with Gasteiger partial charge in [0.2, 0.25) is 10.0 Å². The first-order chi connectivity index (χ1) is 18.1. The minimum Gasteiger partial charge on any atom is -0.368 e. The van der Waals surface area contributed by atoms with Crippen molar-refractivity contribution in [3.05, 3.63) is 77.9 Å². The van der Waals surface area contributed by atoms with Gasteiger partial charge in [0, 0.05) is 49.1 Å². The van der Waals surface area contributed by atoms with Crippen LogP contribution in [0.4, 0.5) is 27.6 Å². The zero-order valence-electron chi connectivity index (χ0n) is 20.0. The van der Waals surface area contributed by atoms with Crippen molar-refractivity contribution < 1.29 is 30.4 Å². The largest absolute Gasteiger partial charge is 0.405 e. The van der Waals surface area contributed by atoms with E-state index in [0.717, 1.165) is 12.1 Å². The van der Waals surface area contributed by atoms with Crippen LogP contribution in [0.2, 0.25) is 0 Å². The van der Waals surface area contributed by atoms with Crippen molar-refractivity contribution in [2.24, 2.45) is 11.8 Å². The first-order valence-electron chi connectivity index (χ1n) is 12.2. The molecule has 3 aromatic rings. The van der Waals surface area contributed by atoms with Crippen LogP contribution in [-0.2, 0) is 16.6 Å². The highest BCUT2D eigenvalue weighted by molar-refractivity contribution is 7.89. The molecule has 4 atom stereocenters. The monoisotopic (exact) mass is 553 g/mol. The molecule has 0 amide bonds. The van der Waals surface area contributed by atoms with E-state index in [0.29, 0.717) is 23.0 Å². The summed E-state index contributed by atoms with van der Waals surface area (Å²) >= 11 is 0. The molecule has 4 unspecified atom stereocenters. The highest BCUT2D eigenvalue weighted by atomic mass is 32.2. The molecule has 2 aromatic carbocycles. The molecule has 38 heavy (non-hydrogen) atoms. The number of rotatable bonds is 5. The third kappa shape index (κ3) is 4.25. The second kappa shape index (κ2) is 9.01. The number of halogens is 5. The molecule has 1 saturated carbocycles. The lowest BCUT2D eigenvalue weighted by Crippen LogP contribution is -2.52. The van der Waals surface area contributed by atoms with Crippen LogP contribution in [0.15, 0.2) is 55.1 Å². The van der Waals surface area contributed by atoms with E-state index in [2.05, 4.69) is 10.2 Å². The maximum atomic E-state index is 15.2. The van der Waals surface area contributed by atoms with E-state index in [1.54, 1.807) is 35.8 Å². The Balaban J connectivity index is 1.25. The van der Waals surface area contributed by atoms with Crippen molar-refractivity contribution in [3.8, 4) is 0 Å². The van der Waals surface area contributed by atoms with Crippen molar-refractivity contribution in [1.82, 2.24) is 19.1 Å². The Bertz CT molecular complexity index is 1420. The molecule has 7 nitrogen and oxygen atoms in total. The second-order valence-corrected chi connectivity index (χ2v) is 12.2. The summed E-state index contributed by atoms with van der Waals surface area (Å²) in [5.41, 5.74) is -0.0704. The van der Waals surface area contributed by atoms with Gasteiger partial charge in [-0.05, 0) is 24.5 Å². The van der Waals surface area contributed by atoms with E-state index in [1.807, 2.05) is 4.57 Å². The van der Waals surface area contributed by atoms with Gasteiger partial charge in [-0.1, -0.05) is 30.3 Å². The molecule has 3 fully saturated rings. The average Bonchev–Trinajstić information content (AvgIpc) is 3.23. The third-order valence-corrected chi connectivity index (χ3v) is 10.3. The lowest BCUT2D eigenvalue weighted by molar-refractivity contribution is -0.176. The zero-order chi connectivity index (χ0) is 26.8. The lowest BCUT2D eigenvalue weighted by atomic mass is 10.0. The molecular weight excluding hydrogens is 529 g/mol. The fraction of sp³-hybridized carbons (Fsp3) is 0.440. The summed E-state index contributed by atoms with van der Waals surface area (Å²) in [6.45, 7) is 0.0527. The second-order valence-electron chi connectivity index (χ2n) is 10.2. The summed E-state index contributed by atoms with van der Waals surface area (Å²) in [5.74, 6) is -1.29. The molecule has 6 rings (SSSR count). The van der Waals surface area contributed by atoms with Crippen LogP contribution in [0.1, 0.15) is 35.3 Å². The number of alkyl halides is 3. The van der Waals surface area contributed by atoms with Gasteiger partial charge >= 0.3 is 6.18 Å². The Morgan fingerprint density at radius 3 is 2.21 bits per heavy atom. The van der Waals surface area contributed by atoms with Crippen LogP contribution in [0.3, 0.4) is 0 Å². The topological polar surface area (TPSA) is 71.3 Å². The minimum atomic E-state index is -4.86. The summed E-state index contributed by atoms with van der Waals surface area (Å²) in [6, 6.07) is 7.62. The van der Waals surface area contributed by atoms with E-state index < -0.39 is 57.7 Å². The molecule has 0 spiro atoms. The number of aromatic nitrogens is 3. The fourth-order valence-electron chi connectivity index (χ4n) is 6.08. The Morgan fingerprint density at radius 2 is 1.58 bits per heavy atom. The van der Waals surface area contributed by atoms with Crippen LogP contribution < -0.4 is 4.90 Å². The number of sulfonamides is 1. The molecule has 1 aromatic heterocycles. The average molecular weight is 554 g/mol. The van der Waals surface area contributed by atoms with Crippen molar-refractivity contribution in [2.75, 3.05) is 18.0 Å². The van der Waals surface area contributed by atoms with E-state index in [1.165, 1.54) is 12.1 Å². The summed E-state index contributed by atoms with van der Waals surface area (Å²) in [4.78, 5) is 1.71. The first kappa shape index (κ1) is 25.2. The van der Waals surface area contributed by atoms with E-state index >= 15 is 8.78 Å². The summed E-state index contributed by atoms with van der Waals surface area (Å²) in [5, 5.41) is 6.39. The number of fused-ring (bicyclic) bond motifs is 1. The molecule has 0 N–H and O–H groups in total. The molecule has 3 heterocycles. The predicted molar refractivity (Wildman–Crippen MR) is 127 cm³/mol. The number of benzene rings is 2. The minimum absolute atomic E-state index is 0.0111. The van der Waals surface area contributed by atoms with Gasteiger partial charge in [-0.2, -0.15) is 17.5 Å². The van der Waals surface area contributed by atoms with Crippen LogP contribution in [-0.4, -0.2) is 52.8 Å². The summed E-state index contributed by atoms with van der Waals surface area (Å²) in [7, 11) is -4.53.